The van der Waals surface area contributed by atoms with Crippen LogP contribution < -0.4 is 9.46 Å². The fourth-order valence-corrected chi connectivity index (χ4v) is 8.09. The van der Waals surface area contributed by atoms with Crippen molar-refractivity contribution in [2.24, 2.45) is 0 Å². The Morgan fingerprint density at radius 1 is 0.929 bits per heavy atom. The van der Waals surface area contributed by atoms with Gasteiger partial charge in [0.05, 0.1) is 40.2 Å². The molecule has 1 N–H and O–H groups in total. The normalized spacial score (nSPS) is 16.0. The number of carbonyl (C=O) groups excluding carboxylic acids is 1. The van der Waals surface area contributed by atoms with Crippen LogP contribution >= 0.6 is 11.6 Å². The van der Waals surface area contributed by atoms with Gasteiger partial charge in [0.25, 0.3) is 10.0 Å². The largest absolute Gasteiger partial charge is 0.497 e. The monoisotopic (exact) mass is 624 g/mol. The van der Waals surface area contributed by atoms with E-state index < -0.39 is 32.0 Å². The molecule has 6 rings (SSSR count). The average molecular weight is 625 g/mol. The zero-order valence-electron chi connectivity index (χ0n) is 22.3. The Labute approximate surface area is 247 Å². The second-order valence-electron chi connectivity index (χ2n) is 9.85. The van der Waals surface area contributed by atoms with Crippen molar-refractivity contribution in [2.45, 2.75) is 28.8 Å². The molecule has 1 fully saturated rings. The van der Waals surface area contributed by atoms with Gasteiger partial charge in [0, 0.05) is 6.54 Å². The molecule has 0 radical (unpaired) electrons. The topological polar surface area (TPSA) is 128 Å². The molecule has 0 bridgehead atoms. The van der Waals surface area contributed by atoms with E-state index in [9.17, 15) is 21.6 Å². The van der Waals surface area contributed by atoms with Crippen LogP contribution in [0.5, 0.6) is 5.75 Å². The molecule has 3 aromatic carbocycles. The molecule has 42 heavy (non-hydrogen) atoms. The quantitative estimate of drug-likeness (QED) is 0.257. The maximum absolute atomic E-state index is 13.7. The van der Waals surface area contributed by atoms with Crippen LogP contribution in [0.3, 0.4) is 0 Å². The summed E-state index contributed by atoms with van der Waals surface area (Å²) in [7, 11) is -6.56. The Morgan fingerprint density at radius 2 is 1.69 bits per heavy atom. The van der Waals surface area contributed by atoms with Crippen molar-refractivity contribution in [2.75, 3.05) is 13.7 Å². The Hall–Kier alpha value is -3.97. The van der Waals surface area contributed by atoms with Crippen molar-refractivity contribution in [3.05, 3.63) is 95.8 Å². The average Bonchev–Trinajstić information content (AvgIpc) is 3.51. The van der Waals surface area contributed by atoms with Crippen molar-refractivity contribution in [1.29, 1.82) is 0 Å². The van der Waals surface area contributed by atoms with Crippen LogP contribution in [0.25, 0.3) is 21.8 Å². The number of ether oxygens (including phenoxy) is 1. The van der Waals surface area contributed by atoms with E-state index in [0.29, 0.717) is 27.9 Å². The molecule has 2 aromatic heterocycles. The first-order valence-electron chi connectivity index (χ1n) is 12.9. The van der Waals surface area contributed by atoms with E-state index in [2.05, 4.69) is 9.71 Å². The van der Waals surface area contributed by atoms with Crippen molar-refractivity contribution in [3.63, 3.8) is 0 Å². The number of rotatable bonds is 8. The number of aromatic nitrogens is 2. The number of nitrogens with zero attached hydrogens (tertiary/aromatic N) is 3. The van der Waals surface area contributed by atoms with E-state index in [4.69, 9.17) is 16.3 Å². The Kier molecular flexibility index (Phi) is 7.17. The van der Waals surface area contributed by atoms with E-state index >= 15 is 0 Å². The van der Waals surface area contributed by atoms with Gasteiger partial charge in [-0.1, -0.05) is 41.9 Å². The SMILES string of the molecule is COc1ccc2ccc(S(=O)(=O)N[C@H]3CCN(Cc4cc5nc(Cl)ccc5n4S(=O)(=O)c4ccccc4)C3=O)cc2c1. The lowest BCUT2D eigenvalue weighted by atomic mass is 10.1. The highest BCUT2D eigenvalue weighted by molar-refractivity contribution is 7.90. The maximum Gasteiger partial charge on any atom is 0.268 e. The highest BCUT2D eigenvalue weighted by atomic mass is 35.5. The van der Waals surface area contributed by atoms with Gasteiger partial charge in [-0.25, -0.2) is 25.8 Å². The van der Waals surface area contributed by atoms with E-state index in [1.54, 1.807) is 48.5 Å². The second-order valence-corrected chi connectivity index (χ2v) is 13.7. The highest BCUT2D eigenvalue weighted by Gasteiger charge is 2.36. The first kappa shape index (κ1) is 28.2. The van der Waals surface area contributed by atoms with Gasteiger partial charge in [0.2, 0.25) is 15.9 Å². The molecule has 1 saturated heterocycles. The highest BCUT2D eigenvalue weighted by Crippen LogP contribution is 2.29. The molecule has 13 heteroatoms. The molecule has 1 amide bonds. The van der Waals surface area contributed by atoms with Gasteiger partial charge in [-0.15, -0.1) is 0 Å². The smallest absolute Gasteiger partial charge is 0.268 e. The number of hydrogen-bond donors (Lipinski definition) is 1. The summed E-state index contributed by atoms with van der Waals surface area (Å²) in [6, 6.07) is 21.6. The summed E-state index contributed by atoms with van der Waals surface area (Å²) in [6.07, 6.45) is 0.217. The minimum Gasteiger partial charge on any atom is -0.497 e. The van der Waals surface area contributed by atoms with Crippen LogP contribution in [0.2, 0.25) is 5.15 Å². The number of likely N-dealkylation sites (tertiary alicyclic amines) is 1. The van der Waals surface area contributed by atoms with Gasteiger partial charge in [-0.2, -0.15) is 4.72 Å². The van der Waals surface area contributed by atoms with Crippen LogP contribution in [0.4, 0.5) is 0 Å². The Balaban J connectivity index is 1.28. The number of methoxy groups -OCH3 is 1. The molecule has 3 heterocycles. The van der Waals surface area contributed by atoms with Crippen LogP contribution in [0, 0.1) is 0 Å². The third kappa shape index (κ3) is 5.11. The predicted octanol–water partition coefficient (Wildman–Crippen LogP) is 4.17. The van der Waals surface area contributed by atoms with Crippen LogP contribution in [0.15, 0.2) is 94.7 Å². The summed E-state index contributed by atoms with van der Waals surface area (Å²) in [5.41, 5.74) is 0.966. The second kappa shape index (κ2) is 10.7. The van der Waals surface area contributed by atoms with Gasteiger partial charge < -0.3 is 9.64 Å². The zero-order valence-corrected chi connectivity index (χ0v) is 24.7. The molecule has 0 saturated carbocycles. The summed E-state index contributed by atoms with van der Waals surface area (Å²) < 4.78 is 62.9. The first-order chi connectivity index (χ1) is 20.1. The van der Waals surface area contributed by atoms with E-state index in [0.717, 1.165) is 9.36 Å². The summed E-state index contributed by atoms with van der Waals surface area (Å²) >= 11 is 6.08. The van der Waals surface area contributed by atoms with E-state index in [1.807, 2.05) is 6.07 Å². The molecular weight excluding hydrogens is 600 g/mol. The number of hydrogen-bond acceptors (Lipinski definition) is 7. The van der Waals surface area contributed by atoms with Gasteiger partial charge in [0.1, 0.15) is 16.9 Å². The summed E-state index contributed by atoms with van der Waals surface area (Å²) in [5, 5.41) is 1.72. The third-order valence-electron chi connectivity index (χ3n) is 7.21. The van der Waals surface area contributed by atoms with Crippen molar-refractivity contribution in [1.82, 2.24) is 18.6 Å². The summed E-state index contributed by atoms with van der Waals surface area (Å²) in [5.74, 6) is 0.136. The number of sulfonamides is 1. The first-order valence-corrected chi connectivity index (χ1v) is 16.2. The lowest BCUT2D eigenvalue weighted by Crippen LogP contribution is -2.41. The fraction of sp³-hybridized carbons (Fsp3) is 0.172. The Morgan fingerprint density at radius 3 is 2.45 bits per heavy atom. The molecule has 0 unspecified atom stereocenters. The van der Waals surface area contributed by atoms with Gasteiger partial charge in [0.15, 0.2) is 0 Å². The zero-order chi connectivity index (χ0) is 29.6. The van der Waals surface area contributed by atoms with Crippen LogP contribution in [-0.2, 0) is 31.4 Å². The van der Waals surface area contributed by atoms with Gasteiger partial charge >= 0.3 is 0 Å². The van der Waals surface area contributed by atoms with Crippen molar-refractivity contribution < 1.29 is 26.4 Å². The Bertz CT molecular complexity index is 2060. The number of carbonyl (C=O) groups is 1. The third-order valence-corrected chi connectivity index (χ3v) is 10.7. The molecule has 1 atom stereocenters. The number of halogens is 1. The van der Waals surface area contributed by atoms with Gasteiger partial charge in [-0.05, 0) is 71.8 Å². The molecule has 10 nitrogen and oxygen atoms in total. The summed E-state index contributed by atoms with van der Waals surface area (Å²) in [4.78, 5) is 19.2. The molecule has 0 aliphatic carbocycles. The predicted molar refractivity (Wildman–Crippen MR) is 158 cm³/mol. The number of pyridine rings is 1. The van der Waals surface area contributed by atoms with E-state index in [-0.39, 0.29) is 34.5 Å². The number of fused-ring (bicyclic) bond motifs is 2. The molecular formula is C29H25ClN4O6S2. The lowest BCUT2D eigenvalue weighted by molar-refractivity contribution is -0.129. The molecule has 1 aliphatic rings. The van der Waals surface area contributed by atoms with Crippen LogP contribution in [0.1, 0.15) is 12.1 Å². The molecule has 5 aromatic rings. The minimum absolute atomic E-state index is 0.0199. The van der Waals surface area contributed by atoms with E-state index in [1.165, 1.54) is 42.3 Å². The standard InChI is InChI=1S/C29H25ClN4O6S2/c1-40-22-9-7-19-8-10-24(16-20(19)15-22)41(36,37)32-25-13-14-33(29(25)35)18-21-17-26-27(11-12-28(30)31-26)34(21)42(38,39)23-5-3-2-4-6-23/h2-12,15-17,25,32H,13-14,18H2,1H3/t25-/m0/s1. The van der Waals surface area contributed by atoms with Crippen molar-refractivity contribution in [3.8, 4) is 5.75 Å². The number of nitrogens with one attached hydrogen (secondary N) is 1. The van der Waals surface area contributed by atoms with Crippen molar-refractivity contribution >= 4 is 59.4 Å². The minimum atomic E-state index is -4.05. The molecule has 0 spiro atoms. The number of benzene rings is 3. The number of amides is 1. The fourth-order valence-electron chi connectivity index (χ4n) is 5.14. The maximum atomic E-state index is 13.7. The lowest BCUT2D eigenvalue weighted by Gasteiger charge is -2.19. The summed E-state index contributed by atoms with van der Waals surface area (Å²) in [6.45, 7) is 0.148. The molecule has 216 valence electrons. The molecule has 1 aliphatic heterocycles. The van der Waals surface area contributed by atoms with Gasteiger partial charge in [-0.3, -0.25) is 4.79 Å². The van der Waals surface area contributed by atoms with Crippen LogP contribution in [-0.4, -0.2) is 56.3 Å².